The van der Waals surface area contributed by atoms with Gasteiger partial charge in [-0.05, 0) is 32.3 Å². The van der Waals surface area contributed by atoms with Gasteiger partial charge in [0.2, 0.25) is 0 Å². The van der Waals surface area contributed by atoms with E-state index in [0.29, 0.717) is 13.0 Å². The lowest BCUT2D eigenvalue weighted by Gasteiger charge is -2.31. The number of rotatable bonds is 23. The van der Waals surface area contributed by atoms with Crippen molar-refractivity contribution in [3.05, 3.63) is 35.9 Å². The Bertz CT molecular complexity index is 724. The zero-order valence-corrected chi connectivity index (χ0v) is 23.3. The third kappa shape index (κ3) is 17.2. The van der Waals surface area contributed by atoms with Gasteiger partial charge in [0.1, 0.15) is 0 Å². The molecule has 0 saturated heterocycles. The average Bonchev–Trinajstić information content (AvgIpc) is 2.83. The smallest absolute Gasteiger partial charge is 0.336 e. The Kier molecular flexibility index (Phi) is 17.5. The van der Waals surface area contributed by atoms with Gasteiger partial charge in [-0.2, -0.15) is 13.1 Å². The molecule has 1 rings (SSSR count). The van der Waals surface area contributed by atoms with E-state index in [4.69, 9.17) is 8.92 Å². The first-order valence-corrected chi connectivity index (χ1v) is 15.2. The van der Waals surface area contributed by atoms with Gasteiger partial charge >= 0.3 is 10.3 Å². The van der Waals surface area contributed by atoms with E-state index < -0.39 is 22.0 Å². The number of nitrogens with one attached hydrogen (secondary N) is 1. The lowest BCUT2D eigenvalue weighted by Crippen LogP contribution is -2.39. The minimum absolute atomic E-state index is 0.0367. The molecule has 7 heteroatoms. The first-order valence-electron chi connectivity index (χ1n) is 13.8. The van der Waals surface area contributed by atoms with Gasteiger partial charge in [-0.15, -0.1) is 0 Å². The molecule has 2 N–H and O–H groups in total. The molecule has 0 aliphatic rings. The fraction of sp³-hybridized carbons (Fsp3) is 0.786. The first kappa shape index (κ1) is 32.0. The van der Waals surface area contributed by atoms with E-state index in [-0.39, 0.29) is 13.2 Å². The van der Waals surface area contributed by atoms with Gasteiger partial charge in [0.05, 0.1) is 18.3 Å². The standard InChI is InChI=1S/C28H51NO5S/c1-4-5-6-7-8-9-10-11-12-13-14-18-22-27(30)28(2,3)33-23-19-24-34-35(31,32)29-25-26-20-16-15-17-21-26/h15-17,20-21,27,29-30H,4-14,18-19,22-25H2,1-3H3. The van der Waals surface area contributed by atoms with Crippen molar-refractivity contribution < 1.29 is 22.4 Å². The Labute approximate surface area is 215 Å². The summed E-state index contributed by atoms with van der Waals surface area (Å²) in [6.45, 7) is 6.59. The Morgan fingerprint density at radius 2 is 1.37 bits per heavy atom. The molecule has 0 radical (unpaired) electrons. The third-order valence-corrected chi connectivity index (χ3v) is 7.41. The van der Waals surface area contributed by atoms with Crippen LogP contribution in [0.5, 0.6) is 0 Å². The summed E-state index contributed by atoms with van der Waals surface area (Å²) in [4.78, 5) is 0. The van der Waals surface area contributed by atoms with Crippen molar-refractivity contribution in [3.8, 4) is 0 Å². The van der Waals surface area contributed by atoms with E-state index in [1.54, 1.807) is 0 Å². The fourth-order valence-electron chi connectivity index (χ4n) is 3.99. The highest BCUT2D eigenvalue weighted by Gasteiger charge is 2.28. The number of aliphatic hydroxyl groups excluding tert-OH is 1. The molecule has 0 aromatic heterocycles. The molecule has 6 nitrogen and oxygen atoms in total. The lowest BCUT2D eigenvalue weighted by atomic mass is 9.95. The second-order valence-electron chi connectivity index (χ2n) is 10.1. The van der Waals surface area contributed by atoms with Crippen LogP contribution in [0.3, 0.4) is 0 Å². The monoisotopic (exact) mass is 513 g/mol. The van der Waals surface area contributed by atoms with Gasteiger partial charge in [-0.1, -0.05) is 114 Å². The van der Waals surface area contributed by atoms with Crippen molar-refractivity contribution in [3.63, 3.8) is 0 Å². The topological polar surface area (TPSA) is 84.9 Å². The van der Waals surface area contributed by atoms with Gasteiger partial charge in [0.25, 0.3) is 0 Å². The summed E-state index contributed by atoms with van der Waals surface area (Å²) in [5, 5.41) is 10.5. The number of hydrogen-bond acceptors (Lipinski definition) is 5. The second kappa shape index (κ2) is 19.2. The number of aliphatic hydroxyl groups is 1. The molecule has 0 aliphatic heterocycles. The van der Waals surface area contributed by atoms with Crippen LogP contribution in [-0.2, 0) is 25.8 Å². The Hall–Kier alpha value is -0.990. The van der Waals surface area contributed by atoms with Crippen molar-refractivity contribution in [1.29, 1.82) is 0 Å². The predicted octanol–water partition coefficient (Wildman–Crippen LogP) is 6.68. The Balaban J connectivity index is 2.03. The highest BCUT2D eigenvalue weighted by atomic mass is 32.2. The van der Waals surface area contributed by atoms with Gasteiger partial charge in [-0.25, -0.2) is 0 Å². The van der Waals surface area contributed by atoms with Crippen LogP contribution >= 0.6 is 0 Å². The van der Waals surface area contributed by atoms with Crippen molar-refractivity contribution >= 4 is 10.3 Å². The van der Waals surface area contributed by atoms with Crippen molar-refractivity contribution in [2.24, 2.45) is 0 Å². The largest absolute Gasteiger partial charge is 0.390 e. The van der Waals surface area contributed by atoms with Crippen LogP contribution in [0.1, 0.15) is 116 Å². The molecule has 0 bridgehead atoms. The minimum Gasteiger partial charge on any atom is -0.390 e. The fourth-order valence-corrected chi connectivity index (χ4v) is 4.76. The zero-order chi connectivity index (χ0) is 25.8. The third-order valence-electron chi connectivity index (χ3n) is 6.43. The molecule has 204 valence electrons. The number of ether oxygens (including phenoxy) is 1. The molecule has 1 unspecified atom stereocenters. The summed E-state index contributed by atoms with van der Waals surface area (Å²) in [6, 6.07) is 9.29. The van der Waals surface area contributed by atoms with Crippen LogP contribution in [-0.4, -0.2) is 38.4 Å². The molecule has 1 aromatic carbocycles. The highest BCUT2D eigenvalue weighted by molar-refractivity contribution is 7.84. The van der Waals surface area contributed by atoms with E-state index in [9.17, 15) is 13.5 Å². The van der Waals surface area contributed by atoms with Crippen LogP contribution < -0.4 is 4.72 Å². The summed E-state index contributed by atoms with van der Waals surface area (Å²) in [6.07, 6.45) is 16.2. The predicted molar refractivity (Wildman–Crippen MR) is 145 cm³/mol. The quantitative estimate of drug-likeness (QED) is 0.160. The molecule has 0 fully saturated rings. The second-order valence-corrected chi connectivity index (χ2v) is 11.5. The SMILES string of the molecule is CCCCCCCCCCCCCCC(O)C(C)(C)OCCCOS(=O)(=O)NCc1ccccc1. The number of benzene rings is 1. The summed E-state index contributed by atoms with van der Waals surface area (Å²) < 4.78 is 37.2. The lowest BCUT2D eigenvalue weighted by molar-refractivity contribution is -0.105. The van der Waals surface area contributed by atoms with Gasteiger partial charge in [0, 0.05) is 13.2 Å². The molecule has 0 saturated carbocycles. The van der Waals surface area contributed by atoms with Crippen LogP contribution in [0.2, 0.25) is 0 Å². The van der Waals surface area contributed by atoms with E-state index >= 15 is 0 Å². The molecular formula is C28H51NO5S. The van der Waals surface area contributed by atoms with Gasteiger partial charge in [-0.3, -0.25) is 4.18 Å². The minimum atomic E-state index is -3.80. The van der Waals surface area contributed by atoms with Crippen LogP contribution in [0.4, 0.5) is 0 Å². The number of unbranched alkanes of at least 4 members (excludes halogenated alkanes) is 11. The Morgan fingerprint density at radius 3 is 1.94 bits per heavy atom. The molecule has 0 amide bonds. The van der Waals surface area contributed by atoms with E-state index in [0.717, 1.165) is 24.8 Å². The summed E-state index contributed by atoms with van der Waals surface area (Å²) in [5.41, 5.74) is 0.203. The molecule has 1 aromatic rings. The highest BCUT2D eigenvalue weighted by Crippen LogP contribution is 2.21. The number of hydrogen-bond donors (Lipinski definition) is 2. The molecule has 0 spiro atoms. The van der Waals surface area contributed by atoms with Crippen molar-refractivity contribution in [2.45, 2.75) is 129 Å². The van der Waals surface area contributed by atoms with Crippen LogP contribution in [0.25, 0.3) is 0 Å². The van der Waals surface area contributed by atoms with Crippen LogP contribution in [0.15, 0.2) is 30.3 Å². The Morgan fingerprint density at radius 1 is 0.829 bits per heavy atom. The normalized spacial score (nSPS) is 13.3. The molecule has 1 atom stereocenters. The molecule has 35 heavy (non-hydrogen) atoms. The van der Waals surface area contributed by atoms with Crippen molar-refractivity contribution in [2.75, 3.05) is 13.2 Å². The first-order chi connectivity index (χ1) is 16.8. The van der Waals surface area contributed by atoms with Gasteiger partial charge in [0.15, 0.2) is 0 Å². The zero-order valence-electron chi connectivity index (χ0n) is 22.5. The summed E-state index contributed by atoms with van der Waals surface area (Å²) in [5.74, 6) is 0. The molecular weight excluding hydrogens is 462 g/mol. The van der Waals surface area contributed by atoms with E-state index in [2.05, 4.69) is 11.6 Å². The maximum atomic E-state index is 12.0. The van der Waals surface area contributed by atoms with E-state index in [1.807, 2.05) is 44.2 Å². The van der Waals surface area contributed by atoms with E-state index in [1.165, 1.54) is 64.2 Å². The van der Waals surface area contributed by atoms with Gasteiger partial charge < -0.3 is 9.84 Å². The molecule has 0 aliphatic carbocycles. The average molecular weight is 514 g/mol. The maximum absolute atomic E-state index is 12.0. The van der Waals surface area contributed by atoms with Crippen molar-refractivity contribution in [1.82, 2.24) is 4.72 Å². The maximum Gasteiger partial charge on any atom is 0.336 e. The van der Waals surface area contributed by atoms with Crippen LogP contribution in [0, 0.1) is 0 Å². The summed E-state index contributed by atoms with van der Waals surface area (Å²) in [7, 11) is -3.80. The summed E-state index contributed by atoms with van der Waals surface area (Å²) >= 11 is 0. The molecule has 0 heterocycles.